The van der Waals surface area contributed by atoms with Crippen LogP contribution in [0.1, 0.15) is 32.4 Å². The maximum absolute atomic E-state index is 12.4. The number of halogens is 3. The molecule has 0 atom stereocenters. The first kappa shape index (κ1) is 15.8. The van der Waals surface area contributed by atoms with Crippen LogP contribution < -0.4 is 5.32 Å². The molecule has 3 nitrogen and oxygen atoms in total. The Kier molecular flexibility index (Phi) is 6.08. The standard InChI is InChI=1S/C13H19F3N2O/c1-10(2)19-9-4-3-8-17-12-7-5-6-11(18-12)13(14,15)16/h5-7,10H,3-4,8-9H2,1-2H3,(H,17,18). The molecule has 0 aliphatic rings. The average molecular weight is 276 g/mol. The van der Waals surface area contributed by atoms with E-state index in [1.165, 1.54) is 12.1 Å². The van der Waals surface area contributed by atoms with Crippen LogP contribution in [-0.4, -0.2) is 24.2 Å². The minimum atomic E-state index is -4.40. The van der Waals surface area contributed by atoms with Gasteiger partial charge in [0.15, 0.2) is 0 Å². The van der Waals surface area contributed by atoms with E-state index >= 15 is 0 Å². The van der Waals surface area contributed by atoms with Crippen molar-refractivity contribution in [3.8, 4) is 0 Å². The molecule has 1 rings (SSSR count). The van der Waals surface area contributed by atoms with Gasteiger partial charge in [0.05, 0.1) is 6.10 Å². The monoisotopic (exact) mass is 276 g/mol. The van der Waals surface area contributed by atoms with Crippen molar-refractivity contribution < 1.29 is 17.9 Å². The van der Waals surface area contributed by atoms with E-state index in [1.54, 1.807) is 0 Å². The minimum absolute atomic E-state index is 0.207. The number of alkyl halides is 3. The normalized spacial score (nSPS) is 11.9. The van der Waals surface area contributed by atoms with Gasteiger partial charge in [0.1, 0.15) is 11.5 Å². The number of rotatable bonds is 7. The molecular weight excluding hydrogens is 257 g/mol. The molecule has 19 heavy (non-hydrogen) atoms. The van der Waals surface area contributed by atoms with Crippen molar-refractivity contribution in [3.63, 3.8) is 0 Å². The largest absolute Gasteiger partial charge is 0.433 e. The van der Waals surface area contributed by atoms with Gasteiger partial charge < -0.3 is 10.1 Å². The Labute approximate surface area is 111 Å². The molecule has 0 saturated carbocycles. The third kappa shape index (κ3) is 6.42. The Bertz CT molecular complexity index is 380. The SMILES string of the molecule is CC(C)OCCCCNc1cccc(C(F)(F)F)n1. The lowest BCUT2D eigenvalue weighted by Crippen LogP contribution is -2.11. The molecule has 0 bridgehead atoms. The molecular formula is C13H19F3N2O. The van der Waals surface area contributed by atoms with E-state index in [-0.39, 0.29) is 11.9 Å². The summed E-state index contributed by atoms with van der Waals surface area (Å²) in [6, 6.07) is 3.83. The molecule has 0 aromatic carbocycles. The maximum Gasteiger partial charge on any atom is 0.433 e. The van der Waals surface area contributed by atoms with Crippen LogP contribution in [0.2, 0.25) is 0 Å². The Morgan fingerprint density at radius 1 is 1.26 bits per heavy atom. The fraction of sp³-hybridized carbons (Fsp3) is 0.615. The van der Waals surface area contributed by atoms with Crippen LogP contribution in [0.5, 0.6) is 0 Å². The molecule has 0 fully saturated rings. The van der Waals surface area contributed by atoms with E-state index in [0.29, 0.717) is 13.2 Å². The van der Waals surface area contributed by atoms with Gasteiger partial charge in [0.2, 0.25) is 0 Å². The van der Waals surface area contributed by atoms with Crippen molar-refractivity contribution in [2.24, 2.45) is 0 Å². The number of hydrogen-bond acceptors (Lipinski definition) is 3. The van der Waals surface area contributed by atoms with Gasteiger partial charge in [0.25, 0.3) is 0 Å². The highest BCUT2D eigenvalue weighted by Gasteiger charge is 2.32. The molecule has 1 aromatic rings. The molecule has 0 aliphatic heterocycles. The van der Waals surface area contributed by atoms with Crippen LogP contribution in [0.3, 0.4) is 0 Å². The first-order valence-corrected chi connectivity index (χ1v) is 6.29. The van der Waals surface area contributed by atoms with E-state index in [0.717, 1.165) is 18.9 Å². The predicted octanol–water partition coefficient (Wildman–Crippen LogP) is 3.72. The van der Waals surface area contributed by atoms with Gasteiger partial charge in [-0.15, -0.1) is 0 Å². The Morgan fingerprint density at radius 3 is 2.63 bits per heavy atom. The fourth-order valence-corrected chi connectivity index (χ4v) is 1.45. The number of unbranched alkanes of at least 4 members (excludes halogenated alkanes) is 1. The second-order valence-electron chi connectivity index (χ2n) is 4.46. The molecule has 6 heteroatoms. The van der Waals surface area contributed by atoms with Crippen LogP contribution in [0.15, 0.2) is 18.2 Å². The van der Waals surface area contributed by atoms with Gasteiger partial charge in [-0.2, -0.15) is 13.2 Å². The summed E-state index contributed by atoms with van der Waals surface area (Å²) >= 11 is 0. The molecule has 0 spiro atoms. The second kappa shape index (κ2) is 7.33. The van der Waals surface area contributed by atoms with Crippen LogP contribution in [0.4, 0.5) is 19.0 Å². The number of pyridine rings is 1. The summed E-state index contributed by atoms with van der Waals surface area (Å²) in [6.45, 7) is 5.17. The molecule has 0 saturated heterocycles. The topological polar surface area (TPSA) is 34.1 Å². The van der Waals surface area contributed by atoms with E-state index < -0.39 is 11.9 Å². The first-order valence-electron chi connectivity index (χ1n) is 6.29. The van der Waals surface area contributed by atoms with Crippen LogP contribution in [0, 0.1) is 0 Å². The van der Waals surface area contributed by atoms with Crippen LogP contribution in [0.25, 0.3) is 0 Å². The van der Waals surface area contributed by atoms with Gasteiger partial charge in [-0.05, 0) is 38.8 Å². The molecule has 108 valence electrons. The number of anilines is 1. The zero-order chi connectivity index (χ0) is 14.3. The van der Waals surface area contributed by atoms with E-state index in [1.807, 2.05) is 13.8 Å². The summed E-state index contributed by atoms with van der Waals surface area (Å²) in [5.74, 6) is 0.250. The molecule has 0 aliphatic carbocycles. The van der Waals surface area contributed by atoms with Crippen molar-refractivity contribution in [3.05, 3.63) is 23.9 Å². The van der Waals surface area contributed by atoms with Gasteiger partial charge in [-0.3, -0.25) is 0 Å². The summed E-state index contributed by atoms with van der Waals surface area (Å²) < 4.78 is 42.6. The Balaban J connectivity index is 2.30. The minimum Gasteiger partial charge on any atom is -0.379 e. The predicted molar refractivity (Wildman–Crippen MR) is 68.1 cm³/mol. The Morgan fingerprint density at radius 2 is 2.00 bits per heavy atom. The van der Waals surface area contributed by atoms with Crippen LogP contribution in [-0.2, 0) is 10.9 Å². The lowest BCUT2D eigenvalue weighted by molar-refractivity contribution is -0.141. The lowest BCUT2D eigenvalue weighted by Gasteiger charge is -2.10. The lowest BCUT2D eigenvalue weighted by atomic mass is 10.3. The number of nitrogens with one attached hydrogen (secondary N) is 1. The highest BCUT2D eigenvalue weighted by atomic mass is 19.4. The quantitative estimate of drug-likeness (QED) is 0.771. The van der Waals surface area contributed by atoms with Crippen molar-refractivity contribution >= 4 is 5.82 Å². The van der Waals surface area contributed by atoms with E-state index in [9.17, 15) is 13.2 Å². The number of ether oxygens (including phenoxy) is 1. The third-order valence-electron chi connectivity index (χ3n) is 2.37. The van der Waals surface area contributed by atoms with Gasteiger partial charge in [-0.1, -0.05) is 6.07 Å². The summed E-state index contributed by atoms with van der Waals surface area (Å²) in [6.07, 6.45) is -2.50. The van der Waals surface area contributed by atoms with Gasteiger partial charge in [-0.25, -0.2) is 4.98 Å². The van der Waals surface area contributed by atoms with Crippen molar-refractivity contribution in [2.75, 3.05) is 18.5 Å². The number of aromatic nitrogens is 1. The summed E-state index contributed by atoms with van der Waals surface area (Å²) in [4.78, 5) is 3.52. The van der Waals surface area contributed by atoms with Crippen molar-refractivity contribution in [1.29, 1.82) is 0 Å². The van der Waals surface area contributed by atoms with E-state index in [4.69, 9.17) is 4.74 Å². The molecule has 1 aromatic heterocycles. The molecule has 0 radical (unpaired) electrons. The molecule has 0 unspecified atom stereocenters. The zero-order valence-corrected chi connectivity index (χ0v) is 11.1. The summed E-state index contributed by atoms with van der Waals surface area (Å²) in [7, 11) is 0. The highest BCUT2D eigenvalue weighted by Crippen LogP contribution is 2.28. The average Bonchev–Trinajstić information content (AvgIpc) is 2.32. The van der Waals surface area contributed by atoms with E-state index in [2.05, 4.69) is 10.3 Å². The zero-order valence-electron chi connectivity index (χ0n) is 11.1. The first-order chi connectivity index (χ1) is 8.89. The van der Waals surface area contributed by atoms with Crippen molar-refractivity contribution in [2.45, 2.75) is 39.0 Å². The second-order valence-corrected chi connectivity index (χ2v) is 4.46. The van der Waals surface area contributed by atoms with Gasteiger partial charge in [0, 0.05) is 13.2 Å². The van der Waals surface area contributed by atoms with Crippen LogP contribution >= 0.6 is 0 Å². The number of nitrogens with zero attached hydrogens (tertiary/aromatic N) is 1. The number of hydrogen-bond donors (Lipinski definition) is 1. The summed E-state index contributed by atoms with van der Waals surface area (Å²) in [5.41, 5.74) is -0.874. The van der Waals surface area contributed by atoms with Gasteiger partial charge >= 0.3 is 6.18 Å². The summed E-state index contributed by atoms with van der Waals surface area (Å²) in [5, 5.41) is 2.88. The molecule has 1 heterocycles. The fourth-order valence-electron chi connectivity index (χ4n) is 1.45. The third-order valence-corrected chi connectivity index (χ3v) is 2.37. The molecule has 1 N–H and O–H groups in total. The Hall–Kier alpha value is -1.30. The smallest absolute Gasteiger partial charge is 0.379 e. The maximum atomic E-state index is 12.4. The molecule has 0 amide bonds. The highest BCUT2D eigenvalue weighted by molar-refractivity contribution is 5.35. The van der Waals surface area contributed by atoms with Crippen molar-refractivity contribution in [1.82, 2.24) is 4.98 Å².